The normalized spacial score (nSPS) is 18.0. The number of aryl methyl sites for hydroxylation is 1. The largest absolute Gasteiger partial charge is 0.481 e. The summed E-state index contributed by atoms with van der Waals surface area (Å²) < 4.78 is 38.8. The molecule has 0 aliphatic carbocycles. The number of hydrogen-bond acceptors (Lipinski definition) is 6. The number of likely N-dealkylation sites (tertiary alicyclic amines) is 1. The van der Waals surface area contributed by atoms with Crippen molar-refractivity contribution in [3.8, 4) is 0 Å². The van der Waals surface area contributed by atoms with Gasteiger partial charge in [0.1, 0.15) is 6.04 Å². The molecule has 1 fully saturated rings. The second kappa shape index (κ2) is 8.85. The first-order chi connectivity index (χ1) is 16.4. The maximum atomic E-state index is 12.9. The lowest BCUT2D eigenvalue weighted by atomic mass is 10.1. The number of carboxylic acid groups (broad SMARTS) is 2. The fraction of sp³-hybridized carbons (Fsp3) is 0.261. The molecule has 2 aromatic carbocycles. The molecule has 12 heteroatoms. The van der Waals surface area contributed by atoms with Crippen LogP contribution in [0, 0.1) is 12.8 Å². The molecular weight excluding hydrogens is 469 g/mol. The maximum Gasteiger partial charge on any atom is 0.416 e. The van der Waals surface area contributed by atoms with Crippen LogP contribution < -0.4 is 5.32 Å². The first-order valence-electron chi connectivity index (χ1n) is 10.4. The van der Waals surface area contributed by atoms with Crippen LogP contribution in [0.2, 0.25) is 0 Å². The van der Waals surface area contributed by atoms with E-state index in [4.69, 9.17) is 0 Å². The van der Waals surface area contributed by atoms with Gasteiger partial charge in [-0.25, -0.2) is 14.8 Å². The van der Waals surface area contributed by atoms with Gasteiger partial charge >= 0.3 is 18.1 Å². The van der Waals surface area contributed by atoms with Crippen LogP contribution in [-0.4, -0.2) is 55.5 Å². The Morgan fingerprint density at radius 1 is 1.00 bits per heavy atom. The summed E-state index contributed by atoms with van der Waals surface area (Å²) in [7, 11) is 0. The maximum absolute atomic E-state index is 12.9. The predicted octanol–water partition coefficient (Wildman–Crippen LogP) is 3.70. The second-order valence-electron chi connectivity index (χ2n) is 8.14. The number of fused-ring (bicyclic) bond motifs is 1. The predicted molar refractivity (Wildman–Crippen MR) is 117 cm³/mol. The van der Waals surface area contributed by atoms with Crippen molar-refractivity contribution < 1.29 is 37.8 Å². The van der Waals surface area contributed by atoms with Crippen LogP contribution in [0.15, 0.2) is 42.5 Å². The third-order valence-electron chi connectivity index (χ3n) is 5.76. The van der Waals surface area contributed by atoms with Crippen LogP contribution >= 0.6 is 0 Å². The van der Waals surface area contributed by atoms with Gasteiger partial charge in [-0.2, -0.15) is 13.2 Å². The molecule has 0 spiro atoms. The van der Waals surface area contributed by atoms with Gasteiger partial charge in [-0.05, 0) is 55.8 Å². The molecule has 1 aliphatic rings. The summed E-state index contributed by atoms with van der Waals surface area (Å²) in [5.74, 6) is -3.68. The van der Waals surface area contributed by atoms with Crippen LogP contribution in [0.25, 0.3) is 11.0 Å². The molecule has 0 radical (unpaired) electrons. The van der Waals surface area contributed by atoms with Crippen molar-refractivity contribution in [3.05, 3.63) is 59.3 Å². The van der Waals surface area contributed by atoms with Crippen molar-refractivity contribution in [1.29, 1.82) is 0 Å². The molecule has 0 saturated carbocycles. The van der Waals surface area contributed by atoms with Gasteiger partial charge in [-0.3, -0.25) is 9.59 Å². The zero-order valence-corrected chi connectivity index (χ0v) is 18.2. The zero-order chi connectivity index (χ0) is 25.5. The van der Waals surface area contributed by atoms with E-state index >= 15 is 0 Å². The number of benzene rings is 2. The number of carbonyl (C=O) groups excluding carboxylic acids is 1. The highest BCUT2D eigenvalue weighted by atomic mass is 19.4. The Labute approximate surface area is 196 Å². The first kappa shape index (κ1) is 23.9. The molecule has 4 rings (SSSR count). The molecule has 2 atom stereocenters. The van der Waals surface area contributed by atoms with E-state index < -0.39 is 41.5 Å². The highest BCUT2D eigenvalue weighted by Gasteiger charge is 2.42. The molecule has 0 bridgehead atoms. The van der Waals surface area contributed by atoms with E-state index in [0.29, 0.717) is 17.2 Å². The fourth-order valence-corrected chi connectivity index (χ4v) is 3.91. The smallest absolute Gasteiger partial charge is 0.416 e. The van der Waals surface area contributed by atoms with Gasteiger partial charge in [-0.1, -0.05) is 0 Å². The van der Waals surface area contributed by atoms with Gasteiger partial charge in [0.25, 0.3) is 5.91 Å². The molecule has 2 heterocycles. The van der Waals surface area contributed by atoms with Crippen LogP contribution in [0.3, 0.4) is 0 Å². The first-order valence-corrected chi connectivity index (χ1v) is 10.4. The second-order valence-corrected chi connectivity index (χ2v) is 8.14. The van der Waals surface area contributed by atoms with Gasteiger partial charge < -0.3 is 20.4 Å². The van der Waals surface area contributed by atoms with E-state index in [1.807, 2.05) is 0 Å². The van der Waals surface area contributed by atoms with E-state index in [2.05, 4.69) is 15.3 Å². The van der Waals surface area contributed by atoms with Crippen molar-refractivity contribution in [2.24, 2.45) is 5.92 Å². The average Bonchev–Trinajstić information content (AvgIpc) is 3.25. The summed E-state index contributed by atoms with van der Waals surface area (Å²) in [5.41, 5.74) is 0.580. The number of rotatable bonds is 5. The van der Waals surface area contributed by atoms with Crippen molar-refractivity contribution in [3.63, 3.8) is 0 Å². The summed E-state index contributed by atoms with van der Waals surface area (Å²) in [4.78, 5) is 45.2. The number of carbonyl (C=O) groups is 3. The van der Waals surface area contributed by atoms with E-state index in [-0.39, 0.29) is 29.6 Å². The lowest BCUT2D eigenvalue weighted by Gasteiger charge is -2.21. The number of aliphatic carboxylic acids is 2. The molecule has 1 aliphatic heterocycles. The Kier molecular flexibility index (Phi) is 6.05. The molecule has 35 heavy (non-hydrogen) atoms. The van der Waals surface area contributed by atoms with E-state index in [9.17, 15) is 37.8 Å². The summed E-state index contributed by atoms with van der Waals surface area (Å²) in [5, 5.41) is 21.6. The van der Waals surface area contributed by atoms with E-state index in [1.54, 1.807) is 19.1 Å². The summed E-state index contributed by atoms with van der Waals surface area (Å²) in [6, 6.07) is 7.86. The molecule has 1 saturated heterocycles. The third kappa shape index (κ3) is 4.86. The summed E-state index contributed by atoms with van der Waals surface area (Å²) in [6.07, 6.45) is -4.66. The number of carboxylic acids is 2. The number of nitrogens with one attached hydrogen (secondary N) is 1. The number of nitrogens with zero attached hydrogens (tertiary/aromatic N) is 3. The molecule has 1 amide bonds. The van der Waals surface area contributed by atoms with Gasteiger partial charge in [0.15, 0.2) is 5.82 Å². The number of alkyl halides is 3. The number of aromatic nitrogens is 2. The molecule has 3 N–H and O–H groups in total. The zero-order valence-electron chi connectivity index (χ0n) is 18.2. The summed E-state index contributed by atoms with van der Waals surface area (Å²) in [6.45, 7) is 1.39. The van der Waals surface area contributed by atoms with E-state index in [1.165, 1.54) is 18.2 Å². The van der Waals surface area contributed by atoms with Crippen LogP contribution in [-0.2, 0) is 15.8 Å². The van der Waals surface area contributed by atoms with Gasteiger partial charge in [0, 0.05) is 17.8 Å². The van der Waals surface area contributed by atoms with Crippen LogP contribution in [0.1, 0.15) is 28.0 Å². The quantitative estimate of drug-likeness (QED) is 0.495. The highest BCUT2D eigenvalue weighted by Crippen LogP contribution is 2.31. The lowest BCUT2D eigenvalue weighted by Crippen LogP contribution is -2.40. The van der Waals surface area contributed by atoms with Crippen molar-refractivity contribution in [1.82, 2.24) is 14.9 Å². The number of amides is 1. The lowest BCUT2D eigenvalue weighted by molar-refractivity contribution is -0.142. The Hall–Kier alpha value is -4.22. The van der Waals surface area contributed by atoms with Crippen molar-refractivity contribution in [2.75, 3.05) is 11.9 Å². The molecular formula is C23H19F3N4O5. The van der Waals surface area contributed by atoms with Crippen molar-refractivity contribution >= 4 is 40.4 Å². The van der Waals surface area contributed by atoms with E-state index in [0.717, 1.165) is 17.0 Å². The standard InChI is InChI=1S/C23H19F3N4O5/c1-11-19(29-16-7-4-14(23(24,25)26)9-17(16)27-11)28-15-5-2-12(3-6-15)20(31)30-10-13(21(32)33)8-18(30)22(34)35/h2-7,9,13,18H,8,10H2,1H3,(H,28,29)(H,32,33)(H,34,35). The fourth-order valence-electron chi connectivity index (χ4n) is 3.91. The van der Waals surface area contributed by atoms with Gasteiger partial charge in [0.05, 0.1) is 28.2 Å². The molecule has 182 valence electrons. The van der Waals surface area contributed by atoms with Crippen molar-refractivity contribution in [2.45, 2.75) is 25.6 Å². The minimum atomic E-state index is -4.49. The Morgan fingerprint density at radius 3 is 2.29 bits per heavy atom. The van der Waals surface area contributed by atoms with Crippen LogP contribution in [0.4, 0.5) is 24.7 Å². The number of anilines is 2. The third-order valence-corrected chi connectivity index (χ3v) is 5.76. The molecule has 3 aromatic rings. The topological polar surface area (TPSA) is 133 Å². The molecule has 1 aromatic heterocycles. The molecule has 9 nitrogen and oxygen atoms in total. The number of hydrogen-bond donors (Lipinski definition) is 3. The Morgan fingerprint density at radius 2 is 1.69 bits per heavy atom. The SMILES string of the molecule is Cc1nc2cc(C(F)(F)F)ccc2nc1Nc1ccc(C(=O)N2CC(C(=O)O)CC2C(=O)O)cc1. The molecule has 2 unspecified atom stereocenters. The Bertz CT molecular complexity index is 1330. The minimum Gasteiger partial charge on any atom is -0.481 e. The summed E-state index contributed by atoms with van der Waals surface area (Å²) >= 11 is 0. The van der Waals surface area contributed by atoms with Gasteiger partial charge in [-0.15, -0.1) is 0 Å². The monoisotopic (exact) mass is 488 g/mol. The highest BCUT2D eigenvalue weighted by molar-refractivity contribution is 5.98. The average molecular weight is 488 g/mol. The minimum absolute atomic E-state index is 0.0992. The van der Waals surface area contributed by atoms with Gasteiger partial charge in [0.2, 0.25) is 0 Å². The Balaban J connectivity index is 1.53. The number of halogens is 3. The van der Waals surface area contributed by atoms with Crippen LogP contribution in [0.5, 0.6) is 0 Å².